The standard InChI is InChI=1S/C67H43N/c1-2-16-44(17-3-1)45-30-32-47(33-31-45)51-18-11-15-29-66(51)68(50-39-41-56-54-21-5-4-19-52(54)53-20-6-7-22-55(53)61(56)43-50)49-37-34-46(35-38-49)48-36-40-60-59-25-10-14-28-64(59)67(65(60)42-48)62-26-12-8-23-57(62)58-24-9-13-27-63(58)67/h1-43H. The maximum absolute atomic E-state index is 2.48. The average molecular weight is 862 g/mol. The highest BCUT2D eigenvalue weighted by molar-refractivity contribution is 6.26. The molecule has 0 aromatic heterocycles. The lowest BCUT2D eigenvalue weighted by molar-refractivity contribution is 0.794. The summed E-state index contributed by atoms with van der Waals surface area (Å²) in [5.41, 5.74) is 20.8. The molecule has 0 fully saturated rings. The summed E-state index contributed by atoms with van der Waals surface area (Å²) in [5, 5.41) is 7.58. The number of hydrogen-bond donors (Lipinski definition) is 0. The topological polar surface area (TPSA) is 3.24 Å². The van der Waals surface area contributed by atoms with Gasteiger partial charge in [-0.15, -0.1) is 0 Å². The van der Waals surface area contributed by atoms with Gasteiger partial charge in [0, 0.05) is 16.9 Å². The van der Waals surface area contributed by atoms with Crippen molar-refractivity contribution in [3.8, 4) is 55.6 Å². The molecule has 1 spiro atoms. The van der Waals surface area contributed by atoms with Crippen LogP contribution in [0.2, 0.25) is 0 Å². The van der Waals surface area contributed by atoms with Crippen molar-refractivity contribution < 1.29 is 0 Å². The fourth-order valence-corrected chi connectivity index (χ4v) is 11.9. The number of fused-ring (bicyclic) bond motifs is 16. The minimum Gasteiger partial charge on any atom is -0.310 e. The molecule has 0 unspecified atom stereocenters. The zero-order valence-corrected chi connectivity index (χ0v) is 37.3. The van der Waals surface area contributed by atoms with E-state index in [0.717, 1.165) is 17.1 Å². The second kappa shape index (κ2) is 15.1. The molecule has 0 aliphatic heterocycles. The number of hydrogen-bond acceptors (Lipinski definition) is 1. The molecule has 12 aromatic rings. The summed E-state index contributed by atoms with van der Waals surface area (Å²) in [7, 11) is 0. The quantitative estimate of drug-likeness (QED) is 0.151. The normalized spacial score (nSPS) is 12.8. The maximum Gasteiger partial charge on any atom is 0.0725 e. The summed E-state index contributed by atoms with van der Waals surface area (Å²) in [6.07, 6.45) is 0. The van der Waals surface area contributed by atoms with Crippen LogP contribution in [0.1, 0.15) is 22.3 Å². The van der Waals surface area contributed by atoms with Gasteiger partial charge in [-0.2, -0.15) is 0 Å². The lowest BCUT2D eigenvalue weighted by Crippen LogP contribution is -2.25. The largest absolute Gasteiger partial charge is 0.310 e. The van der Waals surface area contributed by atoms with Crippen LogP contribution in [0, 0.1) is 0 Å². The smallest absolute Gasteiger partial charge is 0.0725 e. The fourth-order valence-electron chi connectivity index (χ4n) is 11.9. The van der Waals surface area contributed by atoms with Gasteiger partial charge < -0.3 is 4.90 Å². The summed E-state index contributed by atoms with van der Waals surface area (Å²) in [4.78, 5) is 2.45. The Labute approximate surface area is 396 Å². The Morgan fingerprint density at radius 2 is 0.618 bits per heavy atom. The molecule has 0 amide bonds. The van der Waals surface area contributed by atoms with E-state index in [1.54, 1.807) is 0 Å². The first-order valence-corrected chi connectivity index (χ1v) is 23.7. The lowest BCUT2D eigenvalue weighted by Gasteiger charge is -2.30. The van der Waals surface area contributed by atoms with E-state index < -0.39 is 0 Å². The number of anilines is 3. The Bertz CT molecular complexity index is 3860. The predicted octanol–water partition coefficient (Wildman–Crippen LogP) is 18.0. The number of rotatable bonds is 6. The minimum atomic E-state index is -0.388. The number of nitrogens with zero attached hydrogens (tertiary/aromatic N) is 1. The van der Waals surface area contributed by atoms with Gasteiger partial charge in [0.15, 0.2) is 0 Å². The van der Waals surface area contributed by atoms with E-state index in [1.807, 2.05) is 0 Å². The van der Waals surface area contributed by atoms with Gasteiger partial charge in [-0.25, -0.2) is 0 Å². The molecule has 14 rings (SSSR count). The van der Waals surface area contributed by atoms with Gasteiger partial charge in [0.25, 0.3) is 0 Å². The Morgan fingerprint density at radius 3 is 1.22 bits per heavy atom. The van der Waals surface area contributed by atoms with Crippen molar-refractivity contribution in [3.05, 3.63) is 283 Å². The third-order valence-electron chi connectivity index (χ3n) is 14.9. The molecule has 0 bridgehead atoms. The number of para-hydroxylation sites is 1. The summed E-state index contributed by atoms with van der Waals surface area (Å²) < 4.78 is 0. The highest BCUT2D eigenvalue weighted by Gasteiger charge is 2.51. The molecule has 1 nitrogen and oxygen atoms in total. The zero-order valence-electron chi connectivity index (χ0n) is 37.3. The minimum absolute atomic E-state index is 0.388. The van der Waals surface area contributed by atoms with Gasteiger partial charge in [-0.3, -0.25) is 0 Å². The van der Waals surface area contributed by atoms with Gasteiger partial charge in [0.1, 0.15) is 0 Å². The molecule has 2 aliphatic rings. The van der Waals surface area contributed by atoms with Crippen molar-refractivity contribution in [2.75, 3.05) is 4.90 Å². The fraction of sp³-hybridized carbons (Fsp3) is 0.0149. The lowest BCUT2D eigenvalue weighted by atomic mass is 9.70. The molecular weight excluding hydrogens is 819 g/mol. The predicted molar refractivity (Wildman–Crippen MR) is 286 cm³/mol. The molecule has 0 atom stereocenters. The van der Waals surface area contributed by atoms with Gasteiger partial charge in [0.05, 0.1) is 11.1 Å². The molecule has 0 heterocycles. The van der Waals surface area contributed by atoms with E-state index in [2.05, 4.69) is 266 Å². The van der Waals surface area contributed by atoms with Crippen LogP contribution in [0.3, 0.4) is 0 Å². The summed E-state index contributed by atoms with van der Waals surface area (Å²) in [5.74, 6) is 0. The average Bonchev–Trinajstić information content (AvgIpc) is 3.89. The van der Waals surface area contributed by atoms with Crippen LogP contribution in [0.25, 0.3) is 88.0 Å². The van der Waals surface area contributed by atoms with Crippen molar-refractivity contribution in [2.45, 2.75) is 5.41 Å². The Kier molecular flexibility index (Phi) is 8.57. The van der Waals surface area contributed by atoms with Crippen molar-refractivity contribution in [2.24, 2.45) is 0 Å². The maximum atomic E-state index is 2.48. The summed E-state index contributed by atoms with van der Waals surface area (Å²) in [6, 6.07) is 96.8. The molecule has 12 aromatic carbocycles. The van der Waals surface area contributed by atoms with E-state index >= 15 is 0 Å². The van der Waals surface area contributed by atoms with Gasteiger partial charge in [-0.1, -0.05) is 224 Å². The third-order valence-corrected chi connectivity index (χ3v) is 14.9. The molecule has 0 saturated heterocycles. The van der Waals surface area contributed by atoms with Crippen LogP contribution in [-0.4, -0.2) is 0 Å². The van der Waals surface area contributed by atoms with Gasteiger partial charge in [0.2, 0.25) is 0 Å². The van der Waals surface area contributed by atoms with Crippen LogP contribution in [0.15, 0.2) is 261 Å². The number of benzene rings is 12. The highest BCUT2D eigenvalue weighted by Crippen LogP contribution is 2.63. The van der Waals surface area contributed by atoms with Crippen molar-refractivity contribution in [3.63, 3.8) is 0 Å². The van der Waals surface area contributed by atoms with E-state index in [0.29, 0.717) is 0 Å². The zero-order chi connectivity index (χ0) is 44.8. The SMILES string of the molecule is c1ccc(-c2ccc(-c3ccccc3N(c3ccc(-c4ccc5c(c4)C4(c6ccccc6-c6ccccc64)c4ccccc4-5)cc3)c3ccc4c5ccccc5c5ccccc5c4c3)cc2)cc1. The molecular formula is C67H43N. The summed E-state index contributed by atoms with van der Waals surface area (Å²) in [6.45, 7) is 0. The molecule has 0 saturated carbocycles. The first-order valence-electron chi connectivity index (χ1n) is 23.7. The molecule has 316 valence electrons. The Balaban J connectivity index is 0.934. The Hall–Kier alpha value is -8.78. The molecule has 2 aliphatic carbocycles. The second-order valence-corrected chi connectivity index (χ2v) is 18.3. The van der Waals surface area contributed by atoms with E-state index in [9.17, 15) is 0 Å². The molecule has 0 radical (unpaired) electrons. The first-order chi connectivity index (χ1) is 33.7. The van der Waals surface area contributed by atoms with Crippen LogP contribution >= 0.6 is 0 Å². The van der Waals surface area contributed by atoms with Crippen LogP contribution in [0.4, 0.5) is 17.1 Å². The monoisotopic (exact) mass is 861 g/mol. The highest BCUT2D eigenvalue weighted by atomic mass is 15.1. The van der Waals surface area contributed by atoms with Crippen LogP contribution in [-0.2, 0) is 5.41 Å². The van der Waals surface area contributed by atoms with Crippen LogP contribution < -0.4 is 4.90 Å². The van der Waals surface area contributed by atoms with Crippen molar-refractivity contribution in [1.82, 2.24) is 0 Å². The second-order valence-electron chi connectivity index (χ2n) is 18.3. The van der Waals surface area contributed by atoms with E-state index in [4.69, 9.17) is 0 Å². The molecule has 1 heteroatoms. The van der Waals surface area contributed by atoms with Crippen LogP contribution in [0.5, 0.6) is 0 Å². The molecule has 68 heavy (non-hydrogen) atoms. The molecule has 0 N–H and O–H groups in total. The first kappa shape index (κ1) is 38.5. The van der Waals surface area contributed by atoms with Crippen molar-refractivity contribution >= 4 is 49.4 Å². The summed E-state index contributed by atoms with van der Waals surface area (Å²) >= 11 is 0. The third kappa shape index (κ3) is 5.63. The van der Waals surface area contributed by atoms with Crippen molar-refractivity contribution in [1.29, 1.82) is 0 Å². The van der Waals surface area contributed by atoms with E-state index in [-0.39, 0.29) is 5.41 Å². The van der Waals surface area contributed by atoms with E-state index in [1.165, 1.54) is 110 Å². The Morgan fingerprint density at radius 1 is 0.221 bits per heavy atom. The van der Waals surface area contributed by atoms with Gasteiger partial charge in [-0.05, 0) is 141 Å². The van der Waals surface area contributed by atoms with Gasteiger partial charge >= 0.3 is 0 Å².